The molecule has 0 saturated heterocycles. The Kier molecular flexibility index (Phi) is 2.96. The second kappa shape index (κ2) is 3.93. The molecule has 0 bridgehead atoms. The standard InChI is InChI=1S/C12H18O3SSi/c1-16(13,14)15-11-9-7-5-6-8-10(9)12(11)17(2,3)4/h5-8,11-12H,1-4H3/t11-,12+/m1/s1. The maximum absolute atomic E-state index is 11.3. The van der Waals surface area contributed by atoms with E-state index < -0.39 is 18.2 Å². The van der Waals surface area contributed by atoms with Gasteiger partial charge in [0.05, 0.1) is 14.3 Å². The number of hydrogen-bond acceptors (Lipinski definition) is 3. The molecule has 17 heavy (non-hydrogen) atoms. The molecule has 1 aliphatic carbocycles. The van der Waals surface area contributed by atoms with E-state index in [-0.39, 0.29) is 11.6 Å². The maximum atomic E-state index is 11.3. The molecule has 5 heteroatoms. The fourth-order valence-electron chi connectivity index (χ4n) is 2.52. The fraction of sp³-hybridized carbons (Fsp3) is 0.500. The number of fused-ring (bicyclic) bond motifs is 1. The van der Waals surface area contributed by atoms with E-state index in [1.165, 1.54) is 5.56 Å². The first-order valence-corrected chi connectivity index (χ1v) is 11.1. The predicted octanol–water partition coefficient (Wildman–Crippen LogP) is 2.68. The molecule has 1 aromatic carbocycles. The van der Waals surface area contributed by atoms with Gasteiger partial charge in [-0.3, -0.25) is 4.18 Å². The maximum Gasteiger partial charge on any atom is 0.264 e. The molecule has 0 saturated carbocycles. The summed E-state index contributed by atoms with van der Waals surface area (Å²) < 4.78 is 27.9. The number of hydrogen-bond donors (Lipinski definition) is 0. The summed E-state index contributed by atoms with van der Waals surface area (Å²) in [6.45, 7) is 6.73. The van der Waals surface area contributed by atoms with Crippen molar-refractivity contribution in [2.45, 2.75) is 31.3 Å². The van der Waals surface area contributed by atoms with Crippen molar-refractivity contribution in [3.63, 3.8) is 0 Å². The predicted molar refractivity (Wildman–Crippen MR) is 71.2 cm³/mol. The molecule has 0 unspecified atom stereocenters. The normalized spacial score (nSPS) is 24.0. The van der Waals surface area contributed by atoms with Crippen molar-refractivity contribution in [3.8, 4) is 0 Å². The van der Waals surface area contributed by atoms with Crippen LogP contribution >= 0.6 is 0 Å². The lowest BCUT2D eigenvalue weighted by Crippen LogP contribution is -2.43. The zero-order valence-electron chi connectivity index (χ0n) is 10.6. The third kappa shape index (κ3) is 2.46. The third-order valence-electron chi connectivity index (χ3n) is 3.15. The van der Waals surface area contributed by atoms with Crippen molar-refractivity contribution < 1.29 is 12.6 Å². The lowest BCUT2D eigenvalue weighted by atomic mass is 9.85. The lowest BCUT2D eigenvalue weighted by molar-refractivity contribution is 0.180. The SMILES string of the molecule is C[Si](C)(C)[C@H]1c2ccccc2[C@H]1OS(C)(=O)=O. The fourth-order valence-corrected chi connectivity index (χ4v) is 5.56. The van der Waals surface area contributed by atoms with Crippen molar-refractivity contribution >= 4 is 18.2 Å². The molecule has 94 valence electrons. The van der Waals surface area contributed by atoms with E-state index in [0.717, 1.165) is 11.8 Å². The largest absolute Gasteiger partial charge is 0.264 e. The highest BCUT2D eigenvalue weighted by Crippen LogP contribution is 2.52. The Morgan fingerprint density at radius 1 is 1.12 bits per heavy atom. The Bertz CT molecular complexity index is 531. The Hall–Kier alpha value is -0.653. The minimum Gasteiger partial charge on any atom is -0.262 e. The van der Waals surface area contributed by atoms with Gasteiger partial charge in [0.25, 0.3) is 10.1 Å². The first-order chi connectivity index (χ1) is 7.70. The van der Waals surface area contributed by atoms with Gasteiger partial charge >= 0.3 is 0 Å². The molecule has 3 nitrogen and oxygen atoms in total. The smallest absolute Gasteiger partial charge is 0.262 e. The molecular formula is C12H18O3SSi. The summed E-state index contributed by atoms with van der Waals surface area (Å²) >= 11 is 0. The van der Waals surface area contributed by atoms with Crippen LogP contribution in [0.4, 0.5) is 0 Å². The summed E-state index contributed by atoms with van der Waals surface area (Å²) in [5.74, 6) is 0. The van der Waals surface area contributed by atoms with E-state index in [9.17, 15) is 8.42 Å². The van der Waals surface area contributed by atoms with Gasteiger partial charge in [0.15, 0.2) is 0 Å². The summed E-state index contributed by atoms with van der Waals surface area (Å²) in [7, 11) is -4.88. The van der Waals surface area contributed by atoms with E-state index in [1.807, 2.05) is 18.2 Å². The highest BCUT2D eigenvalue weighted by Gasteiger charge is 2.47. The van der Waals surface area contributed by atoms with E-state index in [2.05, 4.69) is 25.7 Å². The van der Waals surface area contributed by atoms with Crippen LogP contribution in [0.3, 0.4) is 0 Å². The van der Waals surface area contributed by atoms with Gasteiger partial charge in [-0.1, -0.05) is 43.9 Å². The summed E-state index contributed by atoms with van der Waals surface area (Å²) in [5.41, 5.74) is 2.57. The van der Waals surface area contributed by atoms with Crippen LogP contribution in [-0.2, 0) is 14.3 Å². The topological polar surface area (TPSA) is 43.4 Å². The molecule has 0 aliphatic heterocycles. The van der Waals surface area contributed by atoms with E-state index in [0.29, 0.717) is 0 Å². The first-order valence-electron chi connectivity index (χ1n) is 5.67. The minimum atomic E-state index is -3.40. The Morgan fingerprint density at radius 3 is 2.12 bits per heavy atom. The van der Waals surface area contributed by atoms with Crippen LogP contribution in [0.5, 0.6) is 0 Å². The molecule has 0 spiro atoms. The Labute approximate surface area is 104 Å². The Balaban J connectivity index is 2.39. The average molecular weight is 270 g/mol. The zero-order chi connectivity index (χ0) is 12.8. The Morgan fingerprint density at radius 2 is 1.65 bits per heavy atom. The monoisotopic (exact) mass is 270 g/mol. The number of rotatable bonds is 3. The van der Waals surface area contributed by atoms with E-state index in [4.69, 9.17) is 4.18 Å². The van der Waals surface area contributed by atoms with Crippen molar-refractivity contribution in [1.29, 1.82) is 0 Å². The average Bonchev–Trinajstić information content (AvgIpc) is 2.10. The molecule has 2 atom stereocenters. The van der Waals surface area contributed by atoms with E-state index >= 15 is 0 Å². The van der Waals surface area contributed by atoms with Gasteiger partial charge in [0.2, 0.25) is 0 Å². The van der Waals surface area contributed by atoms with Crippen LogP contribution in [0.2, 0.25) is 19.6 Å². The molecule has 1 aromatic rings. The summed E-state index contributed by atoms with van der Waals surface area (Å²) in [6, 6.07) is 7.97. The van der Waals surface area contributed by atoms with Gasteiger partial charge in [0.1, 0.15) is 6.10 Å². The minimum absolute atomic E-state index is 0.270. The molecule has 0 aromatic heterocycles. The second-order valence-electron chi connectivity index (χ2n) is 5.69. The van der Waals surface area contributed by atoms with E-state index in [1.54, 1.807) is 0 Å². The van der Waals surface area contributed by atoms with Crippen LogP contribution in [0.25, 0.3) is 0 Å². The quantitative estimate of drug-likeness (QED) is 0.626. The van der Waals surface area contributed by atoms with Crippen molar-refractivity contribution in [1.82, 2.24) is 0 Å². The van der Waals surface area contributed by atoms with Crippen LogP contribution < -0.4 is 0 Å². The molecular weight excluding hydrogens is 252 g/mol. The van der Waals surface area contributed by atoms with Gasteiger partial charge in [-0.05, 0) is 11.1 Å². The van der Waals surface area contributed by atoms with Gasteiger partial charge in [-0.2, -0.15) is 8.42 Å². The summed E-state index contributed by atoms with van der Waals surface area (Å²) in [6.07, 6.45) is 0.850. The summed E-state index contributed by atoms with van der Waals surface area (Å²) in [5, 5.41) is 0. The van der Waals surface area contributed by atoms with Crippen molar-refractivity contribution in [2.75, 3.05) is 6.26 Å². The van der Waals surface area contributed by atoms with Gasteiger partial charge < -0.3 is 0 Å². The van der Waals surface area contributed by atoms with Crippen LogP contribution in [0.15, 0.2) is 24.3 Å². The second-order valence-corrected chi connectivity index (χ2v) is 12.6. The molecule has 1 aliphatic rings. The van der Waals surface area contributed by atoms with Crippen LogP contribution in [0, 0.1) is 0 Å². The molecule has 0 fully saturated rings. The van der Waals surface area contributed by atoms with Crippen molar-refractivity contribution in [3.05, 3.63) is 35.4 Å². The zero-order valence-corrected chi connectivity index (χ0v) is 12.4. The van der Waals surface area contributed by atoms with Crippen LogP contribution in [0.1, 0.15) is 22.8 Å². The summed E-state index contributed by atoms with van der Waals surface area (Å²) in [4.78, 5) is 0. The van der Waals surface area contributed by atoms with Gasteiger partial charge in [-0.15, -0.1) is 0 Å². The highest BCUT2D eigenvalue weighted by atomic mass is 32.2. The number of benzene rings is 1. The lowest BCUT2D eigenvalue weighted by Gasteiger charge is -2.45. The third-order valence-corrected chi connectivity index (χ3v) is 6.19. The molecule has 0 amide bonds. The van der Waals surface area contributed by atoms with Gasteiger partial charge in [-0.25, -0.2) is 0 Å². The van der Waals surface area contributed by atoms with Crippen LogP contribution in [-0.4, -0.2) is 22.7 Å². The van der Waals surface area contributed by atoms with Crippen molar-refractivity contribution in [2.24, 2.45) is 0 Å². The molecule has 0 N–H and O–H groups in total. The molecule has 2 rings (SSSR count). The van der Waals surface area contributed by atoms with Gasteiger partial charge in [0, 0.05) is 5.54 Å². The molecule has 0 radical (unpaired) electrons. The highest BCUT2D eigenvalue weighted by molar-refractivity contribution is 7.86. The first kappa shape index (κ1) is 12.8. The molecule has 0 heterocycles.